The number of methoxy groups -OCH3 is 1. The fourth-order valence-electron chi connectivity index (χ4n) is 2.32. The maximum Gasteiger partial charge on any atom is 0.222 e. The van der Waals surface area contributed by atoms with Crippen molar-refractivity contribution in [2.75, 3.05) is 7.11 Å². The van der Waals surface area contributed by atoms with Gasteiger partial charge >= 0.3 is 0 Å². The molecule has 0 bridgehead atoms. The van der Waals surface area contributed by atoms with Gasteiger partial charge in [0.15, 0.2) is 0 Å². The molecule has 1 atom stereocenters. The van der Waals surface area contributed by atoms with E-state index in [4.69, 9.17) is 4.74 Å². The number of hydrogen-bond donors (Lipinski definition) is 1. The van der Waals surface area contributed by atoms with E-state index in [9.17, 15) is 4.79 Å². The summed E-state index contributed by atoms with van der Waals surface area (Å²) in [6, 6.07) is 12.3. The van der Waals surface area contributed by atoms with Gasteiger partial charge in [0.25, 0.3) is 0 Å². The van der Waals surface area contributed by atoms with Crippen molar-refractivity contribution < 1.29 is 9.53 Å². The van der Waals surface area contributed by atoms with E-state index >= 15 is 0 Å². The van der Waals surface area contributed by atoms with E-state index in [0.29, 0.717) is 6.42 Å². The molecule has 86 valence electrons. The Morgan fingerprint density at radius 3 is 2.53 bits per heavy atom. The molecule has 1 heterocycles. The van der Waals surface area contributed by atoms with Crippen LogP contribution in [0, 0.1) is 0 Å². The number of fused-ring (bicyclic) bond motifs is 1. The van der Waals surface area contributed by atoms with E-state index < -0.39 is 0 Å². The topological polar surface area (TPSA) is 38.3 Å². The Kier molecular flexibility index (Phi) is 2.25. The van der Waals surface area contributed by atoms with Crippen molar-refractivity contribution in [3.63, 3.8) is 0 Å². The number of nitrogens with one attached hydrogen (secondary N) is 1. The van der Waals surface area contributed by atoms with Crippen LogP contribution in [-0.2, 0) is 4.79 Å². The zero-order valence-corrected chi connectivity index (χ0v) is 9.57. The average molecular weight is 227 g/mol. The predicted molar refractivity (Wildman–Crippen MR) is 66.0 cm³/mol. The first-order valence-corrected chi connectivity index (χ1v) is 5.64. The van der Waals surface area contributed by atoms with Crippen LogP contribution in [0.3, 0.4) is 0 Å². The normalized spacial score (nSPS) is 18.6. The number of β-lactam (4-membered cyclic amide) rings is 1. The summed E-state index contributed by atoms with van der Waals surface area (Å²) >= 11 is 0. The molecule has 3 heteroatoms. The first-order chi connectivity index (χ1) is 8.29. The number of carbonyl (C=O) groups is 1. The number of rotatable bonds is 2. The van der Waals surface area contributed by atoms with Gasteiger partial charge < -0.3 is 10.1 Å². The molecule has 0 saturated carbocycles. The summed E-state index contributed by atoms with van der Waals surface area (Å²) in [4.78, 5) is 11.0. The molecule has 0 aliphatic carbocycles. The molecule has 3 rings (SSSR count). The van der Waals surface area contributed by atoms with Gasteiger partial charge in [-0.3, -0.25) is 4.79 Å². The number of hydrogen-bond acceptors (Lipinski definition) is 2. The van der Waals surface area contributed by atoms with E-state index in [1.54, 1.807) is 7.11 Å². The maximum absolute atomic E-state index is 11.0. The minimum Gasteiger partial charge on any atom is -0.496 e. The molecule has 0 spiro atoms. The molecule has 1 N–H and O–H groups in total. The molecule has 1 unspecified atom stereocenters. The van der Waals surface area contributed by atoms with Crippen LogP contribution in [0.15, 0.2) is 36.4 Å². The lowest BCUT2D eigenvalue weighted by Crippen LogP contribution is -2.41. The number of benzene rings is 2. The molecule has 3 nitrogen and oxygen atoms in total. The molecular formula is C14H13NO2. The van der Waals surface area contributed by atoms with Crippen LogP contribution >= 0.6 is 0 Å². The summed E-state index contributed by atoms with van der Waals surface area (Å²) in [5, 5.41) is 5.15. The Bertz CT molecular complexity index is 584. The lowest BCUT2D eigenvalue weighted by Gasteiger charge is -2.28. The standard InChI is InChI=1S/C14H13NO2/c1-17-13-7-6-10(12-8-14(16)15-12)9-4-2-3-5-11(9)13/h2-7,12H,8H2,1H3,(H,15,16). The average Bonchev–Trinajstić information content (AvgIpc) is 2.34. The van der Waals surface area contributed by atoms with Gasteiger partial charge in [0.2, 0.25) is 5.91 Å². The summed E-state index contributed by atoms with van der Waals surface area (Å²) in [5.41, 5.74) is 1.17. The third-order valence-corrected chi connectivity index (χ3v) is 3.24. The molecule has 0 aromatic heterocycles. The van der Waals surface area contributed by atoms with E-state index in [0.717, 1.165) is 16.5 Å². The second-order valence-electron chi connectivity index (χ2n) is 4.23. The highest BCUT2D eigenvalue weighted by atomic mass is 16.5. The van der Waals surface area contributed by atoms with Crippen LogP contribution in [0.1, 0.15) is 18.0 Å². The number of ether oxygens (including phenoxy) is 1. The van der Waals surface area contributed by atoms with Crippen LogP contribution in [-0.4, -0.2) is 13.0 Å². The molecule has 2 aromatic carbocycles. The van der Waals surface area contributed by atoms with Crippen molar-refractivity contribution in [2.24, 2.45) is 0 Å². The summed E-state index contributed by atoms with van der Waals surface area (Å²) in [6.07, 6.45) is 0.580. The minimum atomic E-state index is 0.120. The van der Waals surface area contributed by atoms with Crippen molar-refractivity contribution in [3.05, 3.63) is 42.0 Å². The number of amides is 1. The SMILES string of the molecule is COc1ccc(C2CC(=O)N2)c2ccccc12. The minimum absolute atomic E-state index is 0.120. The Labute approximate surface area is 99.4 Å². The quantitative estimate of drug-likeness (QED) is 0.800. The van der Waals surface area contributed by atoms with Crippen LogP contribution < -0.4 is 10.1 Å². The summed E-state index contributed by atoms with van der Waals surface area (Å²) in [5.74, 6) is 0.991. The number of carbonyl (C=O) groups excluding carboxylic acids is 1. The van der Waals surface area contributed by atoms with E-state index in [-0.39, 0.29) is 11.9 Å². The van der Waals surface area contributed by atoms with Gasteiger partial charge in [0.1, 0.15) is 5.75 Å². The summed E-state index contributed by atoms with van der Waals surface area (Å²) in [7, 11) is 1.67. The van der Waals surface area contributed by atoms with Crippen LogP contribution in [0.2, 0.25) is 0 Å². The molecule has 1 amide bonds. The lowest BCUT2D eigenvalue weighted by molar-refractivity contribution is -0.128. The largest absolute Gasteiger partial charge is 0.496 e. The maximum atomic E-state index is 11.0. The summed E-state index contributed by atoms with van der Waals surface area (Å²) < 4.78 is 5.35. The van der Waals surface area contributed by atoms with Gasteiger partial charge in [-0.2, -0.15) is 0 Å². The highest BCUT2D eigenvalue weighted by Gasteiger charge is 2.28. The zero-order chi connectivity index (χ0) is 11.8. The molecule has 17 heavy (non-hydrogen) atoms. The first-order valence-electron chi connectivity index (χ1n) is 5.64. The lowest BCUT2D eigenvalue weighted by atomic mass is 9.92. The molecule has 2 aromatic rings. The van der Waals surface area contributed by atoms with E-state index in [1.807, 2.05) is 30.3 Å². The summed E-state index contributed by atoms with van der Waals surface area (Å²) in [6.45, 7) is 0. The van der Waals surface area contributed by atoms with Gasteiger partial charge in [0, 0.05) is 5.39 Å². The first kappa shape index (κ1) is 10.1. The fourth-order valence-corrected chi connectivity index (χ4v) is 2.32. The predicted octanol–water partition coefficient (Wildman–Crippen LogP) is 2.41. The van der Waals surface area contributed by atoms with Crippen molar-refractivity contribution in [1.82, 2.24) is 5.32 Å². The van der Waals surface area contributed by atoms with Crippen molar-refractivity contribution in [3.8, 4) is 5.75 Å². The van der Waals surface area contributed by atoms with Crippen molar-refractivity contribution >= 4 is 16.7 Å². The molecule has 0 radical (unpaired) electrons. The Morgan fingerprint density at radius 1 is 1.18 bits per heavy atom. The Morgan fingerprint density at radius 2 is 1.88 bits per heavy atom. The second kappa shape index (κ2) is 3.77. The third kappa shape index (κ3) is 1.55. The fraction of sp³-hybridized carbons (Fsp3) is 0.214. The highest BCUT2D eigenvalue weighted by molar-refractivity contribution is 5.93. The Hall–Kier alpha value is -2.03. The zero-order valence-electron chi connectivity index (χ0n) is 9.57. The second-order valence-corrected chi connectivity index (χ2v) is 4.23. The molecule has 1 fully saturated rings. The molecule has 1 saturated heterocycles. The van der Waals surface area contributed by atoms with Crippen molar-refractivity contribution in [2.45, 2.75) is 12.5 Å². The van der Waals surface area contributed by atoms with E-state index in [1.165, 1.54) is 5.56 Å². The monoisotopic (exact) mass is 227 g/mol. The highest BCUT2D eigenvalue weighted by Crippen LogP contribution is 2.34. The third-order valence-electron chi connectivity index (χ3n) is 3.24. The van der Waals surface area contributed by atoms with Gasteiger partial charge in [-0.25, -0.2) is 0 Å². The molecular weight excluding hydrogens is 214 g/mol. The van der Waals surface area contributed by atoms with Crippen LogP contribution in [0.4, 0.5) is 0 Å². The van der Waals surface area contributed by atoms with Gasteiger partial charge in [-0.05, 0) is 17.0 Å². The van der Waals surface area contributed by atoms with Crippen molar-refractivity contribution in [1.29, 1.82) is 0 Å². The smallest absolute Gasteiger partial charge is 0.222 e. The van der Waals surface area contributed by atoms with Crippen LogP contribution in [0.25, 0.3) is 10.8 Å². The van der Waals surface area contributed by atoms with Gasteiger partial charge in [0.05, 0.1) is 19.6 Å². The van der Waals surface area contributed by atoms with Crippen LogP contribution in [0.5, 0.6) is 5.75 Å². The Balaban J connectivity index is 2.16. The molecule has 1 aliphatic rings. The molecule has 1 aliphatic heterocycles. The van der Waals surface area contributed by atoms with Gasteiger partial charge in [-0.1, -0.05) is 30.3 Å². The van der Waals surface area contributed by atoms with Gasteiger partial charge in [-0.15, -0.1) is 0 Å². The van der Waals surface area contributed by atoms with E-state index in [2.05, 4.69) is 11.4 Å².